The third-order valence-electron chi connectivity index (χ3n) is 2.63. The first-order chi connectivity index (χ1) is 8.65. The van der Waals surface area contributed by atoms with E-state index in [9.17, 15) is 0 Å². The maximum absolute atomic E-state index is 5.80. The van der Waals surface area contributed by atoms with Gasteiger partial charge in [-0.15, -0.1) is 11.3 Å². The van der Waals surface area contributed by atoms with Gasteiger partial charge in [0, 0.05) is 40.7 Å². The lowest BCUT2D eigenvalue weighted by atomic mass is 10.1. The van der Waals surface area contributed by atoms with Crippen LogP contribution in [0, 0.1) is 0 Å². The summed E-state index contributed by atoms with van der Waals surface area (Å²) < 4.78 is 1.02. The Morgan fingerprint density at radius 1 is 1.44 bits per heavy atom. The molecule has 1 aromatic heterocycles. The maximum atomic E-state index is 5.80. The van der Waals surface area contributed by atoms with Gasteiger partial charge in [0.05, 0.1) is 5.01 Å². The predicted octanol–water partition coefficient (Wildman–Crippen LogP) is 3.38. The van der Waals surface area contributed by atoms with Crippen molar-refractivity contribution in [3.05, 3.63) is 44.8 Å². The van der Waals surface area contributed by atoms with Crippen LogP contribution in [0.25, 0.3) is 0 Å². The molecule has 0 amide bonds. The first-order valence-electron chi connectivity index (χ1n) is 5.80. The van der Waals surface area contributed by atoms with Gasteiger partial charge in [0.2, 0.25) is 0 Å². The summed E-state index contributed by atoms with van der Waals surface area (Å²) in [5.41, 5.74) is 7.78. The van der Waals surface area contributed by atoms with Crippen LogP contribution in [0.2, 0.25) is 0 Å². The molecule has 18 heavy (non-hydrogen) atoms. The number of nitrogens with two attached hydrogens (primary N) is 1. The van der Waals surface area contributed by atoms with Crippen LogP contribution in [-0.4, -0.2) is 11.5 Å². The molecule has 1 aromatic carbocycles. The Morgan fingerprint density at radius 3 is 2.94 bits per heavy atom. The number of nitrogen functional groups attached to an aromatic ring is 1. The Kier molecular flexibility index (Phi) is 4.74. The zero-order chi connectivity index (χ0) is 13.0. The Hall–Kier alpha value is -0.910. The van der Waals surface area contributed by atoms with Crippen LogP contribution < -0.4 is 11.1 Å². The highest BCUT2D eigenvalue weighted by molar-refractivity contribution is 9.10. The van der Waals surface area contributed by atoms with Crippen molar-refractivity contribution < 1.29 is 0 Å². The van der Waals surface area contributed by atoms with Gasteiger partial charge in [0.1, 0.15) is 0 Å². The van der Waals surface area contributed by atoms with Crippen molar-refractivity contribution in [2.75, 3.05) is 12.3 Å². The highest BCUT2D eigenvalue weighted by atomic mass is 79.9. The van der Waals surface area contributed by atoms with Crippen molar-refractivity contribution >= 4 is 33.0 Å². The first-order valence-corrected chi connectivity index (χ1v) is 7.47. The van der Waals surface area contributed by atoms with Crippen LogP contribution >= 0.6 is 27.3 Å². The smallest absolute Gasteiger partial charge is 0.0965 e. The summed E-state index contributed by atoms with van der Waals surface area (Å²) in [5, 5.41) is 6.63. The molecule has 2 rings (SSSR count). The molecule has 3 N–H and O–H groups in total. The molecule has 0 fully saturated rings. The highest BCUT2D eigenvalue weighted by Crippen LogP contribution is 2.18. The number of benzene rings is 1. The molecule has 0 saturated heterocycles. The summed E-state index contributed by atoms with van der Waals surface area (Å²) in [6.45, 7) is 3.92. The fraction of sp³-hybridized carbons (Fsp3) is 0.308. The topological polar surface area (TPSA) is 50.9 Å². The lowest BCUT2D eigenvalue weighted by molar-refractivity contribution is 0.613. The molecule has 0 radical (unpaired) electrons. The van der Waals surface area contributed by atoms with Crippen LogP contribution in [-0.2, 0) is 6.54 Å². The van der Waals surface area contributed by atoms with Crippen molar-refractivity contribution in [3.8, 4) is 0 Å². The van der Waals surface area contributed by atoms with Crippen LogP contribution in [0.15, 0.2) is 34.2 Å². The van der Waals surface area contributed by atoms with E-state index in [0.29, 0.717) is 5.92 Å². The van der Waals surface area contributed by atoms with Crippen LogP contribution in [0.3, 0.4) is 0 Å². The van der Waals surface area contributed by atoms with Crippen LogP contribution in [0.5, 0.6) is 0 Å². The van der Waals surface area contributed by atoms with Crippen molar-refractivity contribution in [1.82, 2.24) is 10.3 Å². The van der Waals surface area contributed by atoms with Crippen LogP contribution in [0.4, 0.5) is 5.69 Å². The van der Waals surface area contributed by atoms with E-state index in [4.69, 9.17) is 5.73 Å². The quantitative estimate of drug-likeness (QED) is 0.828. The van der Waals surface area contributed by atoms with E-state index >= 15 is 0 Å². The molecule has 1 heterocycles. The lowest BCUT2D eigenvalue weighted by Gasteiger charge is -2.10. The molecule has 2 aromatic rings. The molecule has 1 unspecified atom stereocenters. The van der Waals surface area contributed by atoms with Crippen LogP contribution in [0.1, 0.15) is 23.4 Å². The molecule has 0 aliphatic carbocycles. The third-order valence-corrected chi connectivity index (χ3v) is 4.10. The number of anilines is 1. The highest BCUT2D eigenvalue weighted by Gasteiger charge is 2.07. The van der Waals surface area contributed by atoms with E-state index in [1.54, 1.807) is 11.3 Å². The van der Waals surface area contributed by atoms with Gasteiger partial charge in [-0.25, -0.2) is 4.98 Å². The van der Waals surface area contributed by atoms with Gasteiger partial charge >= 0.3 is 0 Å². The Bertz CT molecular complexity index is 479. The molecular formula is C13H16BrN3S. The number of nitrogens with zero attached hydrogens (tertiary/aromatic N) is 1. The molecule has 0 saturated carbocycles. The van der Waals surface area contributed by atoms with Crippen molar-refractivity contribution in [2.45, 2.75) is 19.4 Å². The minimum Gasteiger partial charge on any atom is -0.399 e. The van der Waals surface area contributed by atoms with Gasteiger partial charge in [-0.2, -0.15) is 0 Å². The van der Waals surface area contributed by atoms with Crippen molar-refractivity contribution in [1.29, 1.82) is 0 Å². The van der Waals surface area contributed by atoms with Gasteiger partial charge in [0.25, 0.3) is 0 Å². The second-order valence-corrected chi connectivity index (χ2v) is 6.14. The number of nitrogens with one attached hydrogen (secondary N) is 1. The normalized spacial score (nSPS) is 12.6. The van der Waals surface area contributed by atoms with E-state index in [2.05, 4.69) is 39.2 Å². The molecule has 1 atom stereocenters. The monoisotopic (exact) mass is 325 g/mol. The molecule has 0 aliphatic rings. The van der Waals surface area contributed by atoms with Crippen molar-refractivity contribution in [3.63, 3.8) is 0 Å². The SMILES string of the molecule is CC(CNCc1cc(N)cc(Br)c1)c1nccs1. The van der Waals surface area contributed by atoms with E-state index in [-0.39, 0.29) is 0 Å². The number of aromatic nitrogens is 1. The van der Waals surface area contributed by atoms with Gasteiger partial charge in [-0.1, -0.05) is 22.9 Å². The standard InChI is InChI=1S/C13H16BrN3S/c1-9(13-17-2-3-18-13)7-16-8-10-4-11(14)6-12(15)5-10/h2-6,9,16H,7-8,15H2,1H3. The van der Waals surface area contributed by atoms with Gasteiger partial charge in [-0.3, -0.25) is 0 Å². The fourth-order valence-corrected chi connectivity index (χ4v) is 3.03. The predicted molar refractivity (Wildman–Crippen MR) is 80.8 cm³/mol. The second kappa shape index (κ2) is 6.31. The average molecular weight is 326 g/mol. The molecule has 0 spiro atoms. The molecule has 3 nitrogen and oxygen atoms in total. The first kappa shape index (κ1) is 13.5. The Balaban J connectivity index is 1.85. The largest absolute Gasteiger partial charge is 0.399 e. The van der Waals surface area contributed by atoms with Gasteiger partial charge in [0.15, 0.2) is 0 Å². The zero-order valence-electron chi connectivity index (χ0n) is 10.2. The summed E-state index contributed by atoms with van der Waals surface area (Å²) in [7, 11) is 0. The number of halogens is 1. The van der Waals surface area contributed by atoms with E-state index in [0.717, 1.165) is 23.2 Å². The summed E-state index contributed by atoms with van der Waals surface area (Å²) in [6, 6.07) is 5.98. The lowest BCUT2D eigenvalue weighted by Crippen LogP contribution is -2.19. The summed E-state index contributed by atoms with van der Waals surface area (Å²) in [6.07, 6.45) is 1.85. The fourth-order valence-electron chi connectivity index (χ4n) is 1.78. The van der Waals surface area contributed by atoms with E-state index < -0.39 is 0 Å². The average Bonchev–Trinajstić information content (AvgIpc) is 2.80. The molecule has 0 bridgehead atoms. The zero-order valence-corrected chi connectivity index (χ0v) is 12.6. The molecule has 96 valence electrons. The summed E-state index contributed by atoms with van der Waals surface area (Å²) in [5.74, 6) is 0.439. The number of rotatable bonds is 5. The van der Waals surface area contributed by atoms with E-state index in [1.807, 2.05) is 23.7 Å². The minimum atomic E-state index is 0.439. The summed E-state index contributed by atoms with van der Waals surface area (Å²) >= 11 is 5.15. The maximum Gasteiger partial charge on any atom is 0.0965 e. The number of thiazole rings is 1. The summed E-state index contributed by atoms with van der Waals surface area (Å²) in [4.78, 5) is 4.32. The van der Waals surface area contributed by atoms with E-state index in [1.165, 1.54) is 10.6 Å². The Morgan fingerprint density at radius 2 is 2.28 bits per heavy atom. The molecular weight excluding hydrogens is 310 g/mol. The minimum absolute atomic E-state index is 0.439. The molecule has 5 heteroatoms. The Labute approximate surface area is 120 Å². The van der Waals surface area contributed by atoms with Gasteiger partial charge in [-0.05, 0) is 23.8 Å². The third kappa shape index (κ3) is 3.80. The van der Waals surface area contributed by atoms with Crippen molar-refractivity contribution in [2.24, 2.45) is 0 Å². The number of hydrogen-bond acceptors (Lipinski definition) is 4. The molecule has 0 aliphatic heterocycles. The number of hydrogen-bond donors (Lipinski definition) is 2. The second-order valence-electron chi connectivity index (χ2n) is 4.30. The van der Waals surface area contributed by atoms with Gasteiger partial charge < -0.3 is 11.1 Å².